The Balaban J connectivity index is 1.86. The van der Waals surface area contributed by atoms with Gasteiger partial charge in [-0.1, -0.05) is 101 Å². The van der Waals surface area contributed by atoms with Gasteiger partial charge in [0, 0.05) is 12.4 Å². The molecule has 1 N–H and O–H groups in total. The van der Waals surface area contributed by atoms with E-state index in [4.69, 9.17) is 9.42 Å². The molecule has 0 aliphatic carbocycles. The van der Waals surface area contributed by atoms with Gasteiger partial charge < -0.3 is 9.53 Å². The second kappa shape index (κ2) is 11.0. The minimum atomic E-state index is -1.81. The lowest BCUT2D eigenvalue weighted by Crippen LogP contribution is -2.42. The maximum absolute atomic E-state index is 12.2. The smallest absolute Gasteiger partial charge is 0.192 e. The summed E-state index contributed by atoms with van der Waals surface area (Å²) in [5.74, 6) is 0.0916. The third-order valence-electron chi connectivity index (χ3n) is 7.11. The second-order valence-electron chi connectivity index (χ2n) is 11.1. The Hall–Kier alpha value is -2.60. The third kappa shape index (κ3) is 6.34. The van der Waals surface area contributed by atoms with E-state index < -0.39 is 20.0 Å². The highest BCUT2D eigenvalue weighted by molar-refractivity contribution is 6.74. The van der Waals surface area contributed by atoms with Crippen LogP contribution in [-0.4, -0.2) is 30.7 Å². The van der Waals surface area contributed by atoms with Gasteiger partial charge in [0.1, 0.15) is 5.60 Å². The summed E-state index contributed by atoms with van der Waals surface area (Å²) in [6.45, 7) is 16.0. The largest absolute Gasteiger partial charge is 0.413 e. The predicted octanol–water partition coefficient (Wildman–Crippen LogP) is 6.98. The first-order chi connectivity index (χ1) is 16.4. The molecule has 4 nitrogen and oxygen atoms in total. The molecule has 0 fully saturated rings. The summed E-state index contributed by atoms with van der Waals surface area (Å²) in [7, 11) is -1.81. The summed E-state index contributed by atoms with van der Waals surface area (Å²) in [5.41, 5.74) is 2.21. The van der Waals surface area contributed by atoms with Crippen LogP contribution in [0.3, 0.4) is 0 Å². The zero-order valence-corrected chi connectivity index (χ0v) is 23.2. The monoisotopic (exact) mass is 488 g/mol. The topological polar surface area (TPSA) is 54.7 Å². The van der Waals surface area contributed by atoms with E-state index in [-0.39, 0.29) is 11.0 Å². The highest BCUT2D eigenvalue weighted by Gasteiger charge is 2.41. The van der Waals surface area contributed by atoms with Crippen LogP contribution in [0, 0.1) is 5.92 Å². The summed E-state index contributed by atoms with van der Waals surface area (Å²) >= 11 is 0. The molecule has 1 heterocycles. The molecule has 3 aromatic rings. The number of aliphatic imine (C=N–C) groups is 1. The van der Waals surface area contributed by atoms with Crippen LogP contribution >= 0.6 is 0 Å². The van der Waals surface area contributed by atoms with E-state index in [2.05, 4.69) is 52.7 Å². The first-order valence-corrected chi connectivity index (χ1v) is 15.3. The maximum atomic E-state index is 12.2. The Morgan fingerprint density at radius 3 is 1.89 bits per heavy atom. The normalized spacial score (nSPS) is 14.0. The quantitative estimate of drug-likeness (QED) is 0.261. The first-order valence-electron chi connectivity index (χ1n) is 12.4. The van der Waals surface area contributed by atoms with E-state index in [0.717, 1.165) is 22.4 Å². The fraction of sp³-hybridized carbons (Fsp3) is 0.400. The highest BCUT2D eigenvalue weighted by atomic mass is 28.4. The Morgan fingerprint density at radius 1 is 0.914 bits per heavy atom. The van der Waals surface area contributed by atoms with Crippen molar-refractivity contribution in [1.29, 1.82) is 0 Å². The summed E-state index contributed by atoms with van der Waals surface area (Å²) in [4.78, 5) is 9.51. The van der Waals surface area contributed by atoms with Crippen molar-refractivity contribution >= 4 is 14.5 Å². The van der Waals surface area contributed by atoms with Crippen LogP contribution in [0.15, 0.2) is 84.0 Å². The molecule has 1 aromatic heterocycles. The van der Waals surface area contributed by atoms with Crippen LogP contribution < -0.4 is 0 Å². The van der Waals surface area contributed by atoms with Crippen molar-refractivity contribution in [1.82, 2.24) is 4.98 Å². The van der Waals surface area contributed by atoms with Crippen LogP contribution in [0.25, 0.3) is 0 Å². The summed E-state index contributed by atoms with van der Waals surface area (Å²) < 4.78 is 6.32. The van der Waals surface area contributed by atoms with Gasteiger partial charge in [0.15, 0.2) is 8.32 Å². The highest BCUT2D eigenvalue weighted by Crippen LogP contribution is 2.38. The zero-order valence-electron chi connectivity index (χ0n) is 22.2. The SMILES string of the molecule is CC(C)[C@H](N=Cc1ccc(CO[Si](C)(C)C(C)(C)C)cn1)C(O)(c1ccccc1)c1ccccc1. The van der Waals surface area contributed by atoms with Crippen LogP contribution in [0.1, 0.15) is 57.0 Å². The Bertz CT molecular complexity index is 1050. The third-order valence-corrected chi connectivity index (χ3v) is 11.6. The van der Waals surface area contributed by atoms with Gasteiger partial charge in [-0.25, -0.2) is 0 Å². The van der Waals surface area contributed by atoms with Gasteiger partial charge in [0.05, 0.1) is 18.3 Å². The van der Waals surface area contributed by atoms with Crippen molar-refractivity contribution in [3.8, 4) is 0 Å². The average molecular weight is 489 g/mol. The van der Waals surface area contributed by atoms with Gasteiger partial charge in [-0.05, 0) is 46.8 Å². The van der Waals surface area contributed by atoms with E-state index in [0.29, 0.717) is 6.61 Å². The van der Waals surface area contributed by atoms with Crippen molar-refractivity contribution in [2.24, 2.45) is 10.9 Å². The molecule has 0 bridgehead atoms. The molecule has 0 amide bonds. The molecule has 0 radical (unpaired) electrons. The number of aliphatic hydroxyl groups is 1. The van der Waals surface area contributed by atoms with Crippen LogP contribution in [0.2, 0.25) is 18.1 Å². The zero-order chi connectivity index (χ0) is 25.7. The lowest BCUT2D eigenvalue weighted by atomic mass is 9.76. The molecule has 0 saturated carbocycles. The fourth-order valence-corrected chi connectivity index (χ4v) is 4.85. The van der Waals surface area contributed by atoms with Crippen molar-refractivity contribution < 1.29 is 9.53 Å². The van der Waals surface area contributed by atoms with E-state index >= 15 is 0 Å². The van der Waals surface area contributed by atoms with E-state index in [1.165, 1.54) is 0 Å². The fourth-order valence-electron chi connectivity index (χ4n) is 3.89. The van der Waals surface area contributed by atoms with Gasteiger partial charge in [0.2, 0.25) is 0 Å². The van der Waals surface area contributed by atoms with Crippen LogP contribution in [-0.2, 0) is 16.6 Å². The number of rotatable bonds is 9. The first kappa shape index (κ1) is 27.0. The number of nitrogens with zero attached hydrogens (tertiary/aromatic N) is 2. The Morgan fingerprint density at radius 2 is 1.46 bits per heavy atom. The maximum Gasteiger partial charge on any atom is 0.192 e. The van der Waals surface area contributed by atoms with Crippen LogP contribution in [0.5, 0.6) is 0 Å². The summed E-state index contributed by atoms with van der Waals surface area (Å²) in [6.07, 6.45) is 3.64. The van der Waals surface area contributed by atoms with Gasteiger partial charge >= 0.3 is 0 Å². The molecule has 3 rings (SSSR count). The lowest BCUT2D eigenvalue weighted by Gasteiger charge is -2.37. The van der Waals surface area contributed by atoms with Crippen molar-refractivity contribution in [2.45, 2.75) is 71.0 Å². The second-order valence-corrected chi connectivity index (χ2v) is 15.9. The van der Waals surface area contributed by atoms with Crippen LogP contribution in [0.4, 0.5) is 0 Å². The molecule has 186 valence electrons. The molecule has 0 unspecified atom stereocenters. The molecule has 0 aliphatic rings. The standard InChI is InChI=1S/C30H40N2O2Si/c1-23(2)28(30(33,25-14-10-8-11-15-25)26-16-12-9-13-17-26)32-21-27-19-18-24(20-31-27)22-34-35(6,7)29(3,4)5/h8-21,23,28,33H,22H2,1-7H3/t28-/m0/s1. The number of pyridine rings is 1. The lowest BCUT2D eigenvalue weighted by molar-refractivity contribution is 0.0366. The number of hydrogen-bond donors (Lipinski definition) is 1. The van der Waals surface area contributed by atoms with E-state index in [1.54, 1.807) is 6.21 Å². The molecule has 0 aliphatic heterocycles. The van der Waals surface area contributed by atoms with Gasteiger partial charge in [-0.2, -0.15) is 0 Å². The van der Waals surface area contributed by atoms with Crippen molar-refractivity contribution in [2.75, 3.05) is 0 Å². The van der Waals surface area contributed by atoms with E-state index in [1.807, 2.05) is 79.0 Å². The molecule has 1 atom stereocenters. The Labute approximate surface area is 212 Å². The molecule has 35 heavy (non-hydrogen) atoms. The summed E-state index contributed by atoms with van der Waals surface area (Å²) in [5, 5.41) is 12.3. The summed E-state index contributed by atoms with van der Waals surface area (Å²) in [6, 6.07) is 23.2. The number of aromatic nitrogens is 1. The van der Waals surface area contributed by atoms with Gasteiger partial charge in [0.25, 0.3) is 0 Å². The average Bonchev–Trinajstić information content (AvgIpc) is 2.83. The van der Waals surface area contributed by atoms with E-state index in [9.17, 15) is 5.11 Å². The minimum absolute atomic E-state index is 0.0916. The van der Waals surface area contributed by atoms with Crippen molar-refractivity contribution in [3.63, 3.8) is 0 Å². The number of benzene rings is 2. The molecular formula is C30H40N2O2Si. The van der Waals surface area contributed by atoms with Gasteiger partial charge in [-0.15, -0.1) is 0 Å². The molecule has 0 spiro atoms. The predicted molar refractivity (Wildman–Crippen MR) is 148 cm³/mol. The molecule has 2 aromatic carbocycles. The number of hydrogen-bond acceptors (Lipinski definition) is 4. The van der Waals surface area contributed by atoms with Gasteiger partial charge in [-0.3, -0.25) is 9.98 Å². The molecule has 5 heteroatoms. The molecular weight excluding hydrogens is 448 g/mol. The van der Waals surface area contributed by atoms with Crippen molar-refractivity contribution in [3.05, 3.63) is 101 Å². The molecule has 0 saturated heterocycles. The Kier molecular flexibility index (Phi) is 8.47. The minimum Gasteiger partial charge on any atom is -0.413 e.